The van der Waals surface area contributed by atoms with E-state index in [4.69, 9.17) is 11.6 Å². The summed E-state index contributed by atoms with van der Waals surface area (Å²) in [6.07, 6.45) is 5.06. The fourth-order valence-corrected chi connectivity index (χ4v) is 2.48. The molecule has 7 heteroatoms. The maximum Gasteiger partial charge on any atom is 0.283 e. The third-order valence-corrected chi connectivity index (χ3v) is 3.70. The summed E-state index contributed by atoms with van der Waals surface area (Å²) in [5.74, 6) is 0.860. The van der Waals surface area contributed by atoms with Crippen LogP contribution in [-0.2, 0) is 0 Å². The zero-order chi connectivity index (χ0) is 15.8. The number of hydrogen-bond acceptors (Lipinski definition) is 4. The van der Waals surface area contributed by atoms with Crippen LogP contribution in [0.5, 0.6) is 0 Å². The Labute approximate surface area is 135 Å². The summed E-state index contributed by atoms with van der Waals surface area (Å²) >= 11 is 5.87. The number of hydrogen-bond donors (Lipinski definition) is 1. The van der Waals surface area contributed by atoms with Crippen molar-refractivity contribution < 1.29 is 0 Å². The van der Waals surface area contributed by atoms with Gasteiger partial charge in [-0.05, 0) is 35.9 Å². The highest BCUT2D eigenvalue weighted by Crippen LogP contribution is 2.14. The van der Waals surface area contributed by atoms with E-state index < -0.39 is 0 Å². The molecule has 0 aliphatic carbocycles. The lowest BCUT2D eigenvalue weighted by Gasteiger charge is -1.94. The van der Waals surface area contributed by atoms with E-state index in [0.717, 1.165) is 11.1 Å². The molecule has 1 aromatic carbocycles. The number of H-pyrrole nitrogens is 1. The largest absolute Gasteiger partial charge is 0.319 e. The van der Waals surface area contributed by atoms with Gasteiger partial charge in [-0.15, -0.1) is 10.2 Å². The molecule has 4 rings (SSSR count). The second-order valence-electron chi connectivity index (χ2n) is 4.96. The summed E-state index contributed by atoms with van der Waals surface area (Å²) in [6, 6.07) is 10.8. The number of fused-ring (bicyclic) bond motifs is 1. The van der Waals surface area contributed by atoms with Gasteiger partial charge < -0.3 is 4.98 Å². The molecule has 0 saturated carbocycles. The van der Waals surface area contributed by atoms with Crippen LogP contribution < -0.4 is 10.9 Å². The van der Waals surface area contributed by atoms with Crippen molar-refractivity contribution in [1.29, 1.82) is 0 Å². The Morgan fingerprint density at radius 2 is 1.96 bits per heavy atom. The third kappa shape index (κ3) is 2.39. The molecule has 0 amide bonds. The number of nitrogens with zero attached hydrogens (tertiary/aromatic N) is 4. The molecule has 0 aliphatic heterocycles. The Hall–Kier alpha value is -2.99. The van der Waals surface area contributed by atoms with E-state index >= 15 is 0 Å². The molecule has 0 unspecified atom stereocenters. The van der Waals surface area contributed by atoms with Crippen LogP contribution in [0.1, 0.15) is 5.56 Å². The Kier molecular flexibility index (Phi) is 3.17. The number of pyridine rings is 1. The molecule has 3 heterocycles. The maximum atomic E-state index is 12.6. The highest BCUT2D eigenvalue weighted by molar-refractivity contribution is 6.30. The van der Waals surface area contributed by atoms with Gasteiger partial charge in [0.05, 0.1) is 0 Å². The minimum absolute atomic E-state index is 0.209. The van der Waals surface area contributed by atoms with Crippen LogP contribution in [0.25, 0.3) is 23.2 Å². The lowest BCUT2D eigenvalue weighted by molar-refractivity contribution is 1.07. The van der Waals surface area contributed by atoms with E-state index in [1.807, 2.05) is 18.2 Å². The zero-order valence-corrected chi connectivity index (χ0v) is 12.5. The van der Waals surface area contributed by atoms with Gasteiger partial charge in [-0.1, -0.05) is 23.7 Å². The number of imidazole rings is 1. The standard InChI is InChI=1S/C16H10ClN5O/c17-12-5-3-10(4-6-12)8-13-15(23)22-14(20-21-16(22)19-13)11-2-1-7-18-9-11/h1-9H,(H,19,21). The first-order valence-corrected chi connectivity index (χ1v) is 7.25. The maximum absolute atomic E-state index is 12.6. The number of rotatable bonds is 2. The molecule has 0 spiro atoms. The second kappa shape index (κ2) is 5.33. The van der Waals surface area contributed by atoms with Crippen molar-refractivity contribution >= 4 is 23.5 Å². The molecule has 1 N–H and O–H groups in total. The van der Waals surface area contributed by atoms with Gasteiger partial charge in [0.1, 0.15) is 5.35 Å². The molecule has 4 aromatic rings. The van der Waals surface area contributed by atoms with E-state index in [-0.39, 0.29) is 5.56 Å². The van der Waals surface area contributed by atoms with Crippen molar-refractivity contribution in [3.8, 4) is 11.4 Å². The van der Waals surface area contributed by atoms with E-state index in [1.165, 1.54) is 4.40 Å². The number of nitrogens with one attached hydrogen (secondary N) is 1. The first-order chi connectivity index (χ1) is 11.2. The Bertz CT molecular complexity index is 1080. The monoisotopic (exact) mass is 323 g/mol. The van der Waals surface area contributed by atoms with E-state index in [2.05, 4.69) is 20.2 Å². The van der Waals surface area contributed by atoms with E-state index in [1.54, 1.807) is 36.7 Å². The molecule has 0 bridgehead atoms. The summed E-state index contributed by atoms with van der Waals surface area (Å²) in [6.45, 7) is 0. The molecule has 0 atom stereocenters. The van der Waals surface area contributed by atoms with Crippen LogP contribution in [-0.4, -0.2) is 24.6 Å². The molecule has 0 aliphatic rings. The summed E-state index contributed by atoms with van der Waals surface area (Å²) in [7, 11) is 0. The lowest BCUT2D eigenvalue weighted by atomic mass is 10.2. The number of benzene rings is 1. The fraction of sp³-hybridized carbons (Fsp3) is 0. The van der Waals surface area contributed by atoms with Crippen molar-refractivity contribution in [2.45, 2.75) is 0 Å². The molecule has 23 heavy (non-hydrogen) atoms. The summed E-state index contributed by atoms with van der Waals surface area (Å²) in [5.41, 5.74) is 1.39. The molecule has 6 nitrogen and oxygen atoms in total. The fourth-order valence-electron chi connectivity index (χ4n) is 2.36. The first-order valence-electron chi connectivity index (χ1n) is 6.87. The molecule has 0 radical (unpaired) electrons. The summed E-state index contributed by atoms with van der Waals surface area (Å²) < 4.78 is 1.44. The van der Waals surface area contributed by atoms with Gasteiger partial charge in [0, 0.05) is 23.0 Å². The average Bonchev–Trinajstić information content (AvgIpc) is 3.12. The predicted molar refractivity (Wildman–Crippen MR) is 87.1 cm³/mol. The number of aromatic nitrogens is 5. The van der Waals surface area contributed by atoms with Gasteiger partial charge in [0.25, 0.3) is 5.56 Å². The molecule has 112 valence electrons. The van der Waals surface area contributed by atoms with Crippen molar-refractivity contribution in [2.75, 3.05) is 0 Å². The van der Waals surface area contributed by atoms with Crippen LogP contribution in [0.15, 0.2) is 53.6 Å². The zero-order valence-electron chi connectivity index (χ0n) is 11.8. The van der Waals surface area contributed by atoms with E-state index in [9.17, 15) is 4.79 Å². The minimum Gasteiger partial charge on any atom is -0.319 e. The van der Waals surface area contributed by atoms with Crippen molar-refractivity contribution in [3.63, 3.8) is 0 Å². The third-order valence-electron chi connectivity index (χ3n) is 3.44. The minimum atomic E-state index is -0.209. The van der Waals surface area contributed by atoms with E-state index in [0.29, 0.717) is 22.0 Å². The molecular weight excluding hydrogens is 314 g/mol. The van der Waals surface area contributed by atoms with Gasteiger partial charge in [-0.3, -0.25) is 9.78 Å². The van der Waals surface area contributed by atoms with Gasteiger partial charge in [0.15, 0.2) is 5.82 Å². The van der Waals surface area contributed by atoms with Gasteiger partial charge >= 0.3 is 0 Å². The normalized spacial score (nSPS) is 12.1. The van der Waals surface area contributed by atoms with Crippen molar-refractivity contribution in [3.05, 3.63) is 75.1 Å². The van der Waals surface area contributed by atoms with Crippen molar-refractivity contribution in [2.24, 2.45) is 0 Å². The van der Waals surface area contributed by atoms with Crippen LogP contribution in [0.4, 0.5) is 0 Å². The highest BCUT2D eigenvalue weighted by Gasteiger charge is 2.13. The van der Waals surface area contributed by atoms with Gasteiger partial charge in [-0.25, -0.2) is 4.40 Å². The molecular formula is C16H10ClN5O. The Morgan fingerprint density at radius 3 is 2.70 bits per heavy atom. The second-order valence-corrected chi connectivity index (χ2v) is 5.40. The van der Waals surface area contributed by atoms with Crippen molar-refractivity contribution in [1.82, 2.24) is 24.6 Å². The molecule has 0 fully saturated rings. The van der Waals surface area contributed by atoms with Gasteiger partial charge in [-0.2, -0.15) is 0 Å². The first kappa shape index (κ1) is 13.7. The van der Waals surface area contributed by atoms with Crippen LogP contribution in [0.3, 0.4) is 0 Å². The number of halogens is 1. The predicted octanol–water partition coefficient (Wildman–Crippen LogP) is 1.68. The van der Waals surface area contributed by atoms with Crippen LogP contribution >= 0.6 is 11.6 Å². The quantitative estimate of drug-likeness (QED) is 0.609. The molecule has 3 aromatic heterocycles. The van der Waals surface area contributed by atoms with Gasteiger partial charge in [0.2, 0.25) is 5.78 Å². The number of aromatic amines is 1. The topological polar surface area (TPSA) is 75.9 Å². The highest BCUT2D eigenvalue weighted by atomic mass is 35.5. The SMILES string of the molecule is O=c1c(=Cc2ccc(Cl)cc2)[nH]c2nnc(-c3cccnc3)n12. The molecule has 0 saturated heterocycles. The smallest absolute Gasteiger partial charge is 0.283 e. The van der Waals surface area contributed by atoms with Crippen LogP contribution in [0.2, 0.25) is 5.02 Å². The van der Waals surface area contributed by atoms with Crippen LogP contribution in [0, 0.1) is 0 Å². The Balaban J connectivity index is 1.91. The lowest BCUT2D eigenvalue weighted by Crippen LogP contribution is -2.26. The summed E-state index contributed by atoms with van der Waals surface area (Å²) in [5, 5.41) is 9.16. The average molecular weight is 324 g/mol. The Morgan fingerprint density at radius 1 is 1.13 bits per heavy atom. The summed E-state index contributed by atoms with van der Waals surface area (Å²) in [4.78, 5) is 19.7.